The highest BCUT2D eigenvalue weighted by Gasteiger charge is 2.31. The summed E-state index contributed by atoms with van der Waals surface area (Å²) in [7, 11) is -3.78. The lowest BCUT2D eigenvalue weighted by Crippen LogP contribution is -2.26. The van der Waals surface area contributed by atoms with Crippen LogP contribution in [0.15, 0.2) is 77.7 Å². The molecule has 0 bridgehead atoms. The van der Waals surface area contributed by atoms with Gasteiger partial charge in [0.05, 0.1) is 16.1 Å². The van der Waals surface area contributed by atoms with E-state index in [0.717, 1.165) is 30.5 Å². The Labute approximate surface area is 188 Å². The maximum atomic E-state index is 13.0. The number of carbonyl (C=O) groups is 1. The van der Waals surface area contributed by atoms with E-state index in [1.807, 2.05) is 6.07 Å². The first-order valence-electron chi connectivity index (χ1n) is 10.1. The number of rotatable bonds is 6. The van der Waals surface area contributed by atoms with E-state index in [1.165, 1.54) is 24.3 Å². The first-order chi connectivity index (χ1) is 15.6. The van der Waals surface area contributed by atoms with Gasteiger partial charge in [0.1, 0.15) is 0 Å². The van der Waals surface area contributed by atoms with Gasteiger partial charge >= 0.3 is 12.2 Å². The first kappa shape index (κ1) is 22.8. The smallest absolute Gasteiger partial charge is 0.308 e. The lowest BCUT2D eigenvalue weighted by atomic mass is 10.0. The van der Waals surface area contributed by atoms with Crippen molar-refractivity contribution in [2.24, 2.45) is 0 Å². The maximum absolute atomic E-state index is 13.0. The van der Waals surface area contributed by atoms with E-state index in [9.17, 15) is 26.4 Å². The van der Waals surface area contributed by atoms with E-state index in [2.05, 4.69) is 15.4 Å². The number of carbonyl (C=O) groups excluding carboxylic acids is 1. The Morgan fingerprint density at radius 1 is 0.879 bits per heavy atom. The summed E-state index contributed by atoms with van der Waals surface area (Å²) in [5.41, 5.74) is 0.530. The predicted molar refractivity (Wildman–Crippen MR) is 119 cm³/mol. The summed E-state index contributed by atoms with van der Waals surface area (Å²) in [4.78, 5) is 12.6. The molecule has 0 atom stereocenters. The largest absolute Gasteiger partial charge is 0.416 e. The van der Waals surface area contributed by atoms with Gasteiger partial charge in [-0.2, -0.15) is 13.2 Å². The molecule has 4 rings (SSSR count). The fraction of sp³-hybridized carbons (Fsp3) is 0.174. The van der Waals surface area contributed by atoms with Crippen LogP contribution in [0.5, 0.6) is 0 Å². The van der Waals surface area contributed by atoms with Gasteiger partial charge in [0.2, 0.25) is 10.0 Å². The second-order valence-corrected chi connectivity index (χ2v) is 9.34. The van der Waals surface area contributed by atoms with Crippen LogP contribution >= 0.6 is 0 Å². The summed E-state index contributed by atoms with van der Waals surface area (Å²) in [5, 5.41) is 4.94. The second-order valence-electron chi connectivity index (χ2n) is 7.63. The monoisotopic (exact) mass is 475 g/mol. The SMILES string of the molecule is O=C(Nc1cccc(C(F)(F)F)c1)Nc1cc(S(=O)(=O)NC2CC2)ccc1-c1ccccc1. The van der Waals surface area contributed by atoms with Crippen molar-refractivity contribution in [3.05, 3.63) is 78.4 Å². The summed E-state index contributed by atoms with van der Waals surface area (Å²) < 4.78 is 66.7. The zero-order valence-electron chi connectivity index (χ0n) is 17.2. The Hall–Kier alpha value is -3.37. The van der Waals surface area contributed by atoms with Gasteiger partial charge in [0.15, 0.2) is 0 Å². The van der Waals surface area contributed by atoms with Gasteiger partial charge in [-0.05, 0) is 48.7 Å². The molecule has 2 amide bonds. The third-order valence-corrected chi connectivity index (χ3v) is 6.50. The maximum Gasteiger partial charge on any atom is 0.416 e. The molecule has 0 radical (unpaired) electrons. The number of anilines is 2. The van der Waals surface area contributed by atoms with Gasteiger partial charge in [-0.3, -0.25) is 0 Å². The number of sulfonamides is 1. The second kappa shape index (κ2) is 8.87. The lowest BCUT2D eigenvalue weighted by Gasteiger charge is -2.15. The first-order valence-corrected chi connectivity index (χ1v) is 11.6. The minimum absolute atomic E-state index is 0.0246. The van der Waals surface area contributed by atoms with Gasteiger partial charge in [-0.15, -0.1) is 0 Å². The molecule has 1 fully saturated rings. The number of halogens is 3. The number of hydrogen-bond donors (Lipinski definition) is 3. The van der Waals surface area contributed by atoms with Crippen molar-refractivity contribution in [1.82, 2.24) is 4.72 Å². The molecule has 1 saturated carbocycles. The van der Waals surface area contributed by atoms with E-state index in [4.69, 9.17) is 0 Å². The molecule has 0 heterocycles. The molecule has 6 nitrogen and oxygen atoms in total. The van der Waals surface area contributed by atoms with Crippen molar-refractivity contribution in [1.29, 1.82) is 0 Å². The number of alkyl halides is 3. The third kappa shape index (κ3) is 5.71. The average Bonchev–Trinajstić information content (AvgIpc) is 3.57. The molecular weight excluding hydrogens is 455 g/mol. The fourth-order valence-corrected chi connectivity index (χ4v) is 4.54. The Morgan fingerprint density at radius 3 is 2.27 bits per heavy atom. The van der Waals surface area contributed by atoms with E-state index in [-0.39, 0.29) is 22.3 Å². The molecule has 0 unspecified atom stereocenters. The molecule has 3 aromatic carbocycles. The number of urea groups is 1. The molecule has 33 heavy (non-hydrogen) atoms. The summed E-state index contributed by atoms with van der Waals surface area (Å²) in [6.45, 7) is 0. The zero-order valence-corrected chi connectivity index (χ0v) is 18.0. The van der Waals surface area contributed by atoms with Crippen molar-refractivity contribution < 1.29 is 26.4 Å². The zero-order chi connectivity index (χ0) is 23.6. The average molecular weight is 475 g/mol. The van der Waals surface area contributed by atoms with Crippen molar-refractivity contribution in [3.63, 3.8) is 0 Å². The molecular formula is C23H20F3N3O3S. The van der Waals surface area contributed by atoms with Crippen LogP contribution < -0.4 is 15.4 Å². The highest BCUT2D eigenvalue weighted by Crippen LogP contribution is 2.33. The number of benzene rings is 3. The Balaban J connectivity index is 1.63. The molecule has 3 N–H and O–H groups in total. The van der Waals surface area contributed by atoms with Crippen LogP contribution in [-0.4, -0.2) is 20.5 Å². The standard InChI is InChI=1S/C23H20F3N3O3S/c24-23(25,26)16-7-4-8-18(13-16)27-22(30)28-21-14-19(33(31,32)29-17-9-10-17)11-12-20(21)15-5-2-1-3-6-15/h1-8,11-14,17,29H,9-10H2,(H2,27,28,30). The minimum Gasteiger partial charge on any atom is -0.308 e. The van der Waals surface area contributed by atoms with Gasteiger partial charge in [-0.1, -0.05) is 42.5 Å². The third-order valence-electron chi connectivity index (χ3n) is 4.98. The Bertz CT molecular complexity index is 1270. The number of nitrogens with one attached hydrogen (secondary N) is 3. The van der Waals surface area contributed by atoms with Crippen molar-refractivity contribution in [2.45, 2.75) is 30.0 Å². The van der Waals surface area contributed by atoms with Gasteiger partial charge in [0.25, 0.3) is 0 Å². The minimum atomic E-state index is -4.55. The fourth-order valence-electron chi connectivity index (χ4n) is 3.21. The molecule has 0 aromatic heterocycles. The van der Waals surface area contributed by atoms with Crippen LogP contribution in [-0.2, 0) is 16.2 Å². The molecule has 172 valence electrons. The topological polar surface area (TPSA) is 87.3 Å². The molecule has 3 aromatic rings. The summed E-state index contributed by atoms with van der Waals surface area (Å²) >= 11 is 0. The van der Waals surface area contributed by atoms with Gasteiger partial charge < -0.3 is 10.6 Å². The summed E-state index contributed by atoms with van der Waals surface area (Å²) in [5.74, 6) is 0. The van der Waals surface area contributed by atoms with Gasteiger partial charge in [0, 0.05) is 17.3 Å². The van der Waals surface area contributed by atoms with E-state index in [1.54, 1.807) is 30.3 Å². The molecule has 1 aliphatic rings. The van der Waals surface area contributed by atoms with Crippen LogP contribution in [0.3, 0.4) is 0 Å². The van der Waals surface area contributed by atoms with E-state index in [0.29, 0.717) is 5.56 Å². The molecule has 0 spiro atoms. The summed E-state index contributed by atoms with van der Waals surface area (Å²) in [6, 6.07) is 16.7. The number of hydrogen-bond acceptors (Lipinski definition) is 3. The predicted octanol–water partition coefficient (Wildman–Crippen LogP) is 5.46. The molecule has 0 aliphatic heterocycles. The van der Waals surface area contributed by atoms with Crippen LogP contribution in [0.1, 0.15) is 18.4 Å². The van der Waals surface area contributed by atoms with E-state index >= 15 is 0 Å². The summed E-state index contributed by atoms with van der Waals surface area (Å²) in [6.07, 6.45) is -3.01. The van der Waals surface area contributed by atoms with Crippen molar-refractivity contribution >= 4 is 27.4 Å². The molecule has 1 aliphatic carbocycles. The normalized spacial score (nSPS) is 14.0. The van der Waals surface area contributed by atoms with Crippen LogP contribution in [0.25, 0.3) is 11.1 Å². The van der Waals surface area contributed by atoms with E-state index < -0.39 is 27.8 Å². The Kier molecular flexibility index (Phi) is 6.13. The number of amides is 2. The van der Waals surface area contributed by atoms with Crippen LogP contribution in [0, 0.1) is 0 Å². The van der Waals surface area contributed by atoms with Crippen molar-refractivity contribution in [3.8, 4) is 11.1 Å². The lowest BCUT2D eigenvalue weighted by molar-refractivity contribution is -0.137. The Morgan fingerprint density at radius 2 is 1.61 bits per heavy atom. The van der Waals surface area contributed by atoms with Crippen molar-refractivity contribution in [2.75, 3.05) is 10.6 Å². The molecule has 0 saturated heterocycles. The van der Waals surface area contributed by atoms with Crippen LogP contribution in [0.2, 0.25) is 0 Å². The van der Waals surface area contributed by atoms with Gasteiger partial charge in [-0.25, -0.2) is 17.9 Å². The highest BCUT2D eigenvalue weighted by atomic mass is 32.2. The quantitative estimate of drug-likeness (QED) is 0.443. The highest BCUT2D eigenvalue weighted by molar-refractivity contribution is 7.89. The molecule has 10 heteroatoms. The van der Waals surface area contributed by atoms with Crippen LogP contribution in [0.4, 0.5) is 29.3 Å².